The van der Waals surface area contributed by atoms with Crippen LogP contribution in [0.2, 0.25) is 0 Å². The van der Waals surface area contributed by atoms with Gasteiger partial charge in [0.2, 0.25) is 10.0 Å². The summed E-state index contributed by atoms with van der Waals surface area (Å²) in [4.78, 5) is 28.4. The topological polar surface area (TPSA) is 162 Å². The Kier molecular flexibility index (Phi) is 7.66. The van der Waals surface area contributed by atoms with Crippen molar-refractivity contribution in [3.05, 3.63) is 72.5 Å². The summed E-state index contributed by atoms with van der Waals surface area (Å²) in [5.41, 5.74) is 1.74. The smallest absolute Gasteiger partial charge is 0.323 e. The second-order valence-corrected chi connectivity index (χ2v) is 9.66. The van der Waals surface area contributed by atoms with Gasteiger partial charge in [0.15, 0.2) is 5.96 Å². The minimum atomic E-state index is -4.07. The van der Waals surface area contributed by atoms with Gasteiger partial charge < -0.3 is 25.5 Å². The van der Waals surface area contributed by atoms with Crippen LogP contribution >= 0.6 is 0 Å². The van der Waals surface area contributed by atoms with Crippen molar-refractivity contribution in [1.29, 1.82) is 0 Å². The second kappa shape index (κ2) is 11.1. The molecular formula is C24H25N5O6S. The largest absolute Gasteiger partial charge is 0.480 e. The maximum atomic E-state index is 12.5. The molecular weight excluding hydrogens is 486 g/mol. The number of sulfonamides is 1. The van der Waals surface area contributed by atoms with E-state index in [1.165, 1.54) is 24.3 Å². The van der Waals surface area contributed by atoms with Crippen LogP contribution in [0.1, 0.15) is 16.8 Å². The van der Waals surface area contributed by atoms with Crippen LogP contribution < -0.4 is 20.7 Å². The Morgan fingerprint density at radius 1 is 1.11 bits per heavy atom. The predicted molar refractivity (Wildman–Crippen MR) is 133 cm³/mol. The Bertz CT molecular complexity index is 1350. The van der Waals surface area contributed by atoms with E-state index in [-0.39, 0.29) is 10.5 Å². The predicted octanol–water partition coefficient (Wildman–Crippen LogP) is 1.87. The Labute approximate surface area is 207 Å². The van der Waals surface area contributed by atoms with E-state index in [4.69, 9.17) is 4.42 Å². The lowest BCUT2D eigenvalue weighted by atomic mass is 10.1. The number of nitrogens with one attached hydrogen (secondary N) is 4. The summed E-state index contributed by atoms with van der Waals surface area (Å²) in [5.74, 6) is -0.690. The van der Waals surface area contributed by atoms with Crippen molar-refractivity contribution >= 4 is 33.5 Å². The van der Waals surface area contributed by atoms with E-state index in [2.05, 4.69) is 25.7 Å². The van der Waals surface area contributed by atoms with Crippen LogP contribution in [0.15, 0.2) is 81.2 Å². The molecule has 0 unspecified atom stereocenters. The first-order chi connectivity index (χ1) is 17.3. The van der Waals surface area contributed by atoms with E-state index < -0.39 is 34.5 Å². The van der Waals surface area contributed by atoms with Crippen molar-refractivity contribution < 1.29 is 27.5 Å². The number of amides is 1. The molecule has 0 saturated heterocycles. The van der Waals surface area contributed by atoms with E-state index >= 15 is 0 Å². The van der Waals surface area contributed by atoms with Gasteiger partial charge in [-0.1, -0.05) is 30.3 Å². The third-order valence-corrected chi connectivity index (χ3v) is 6.79. The molecule has 2 aromatic carbocycles. The van der Waals surface area contributed by atoms with E-state index in [1.807, 2.05) is 6.07 Å². The number of guanidine groups is 1. The molecule has 0 spiro atoms. The molecule has 12 heteroatoms. The van der Waals surface area contributed by atoms with E-state index in [0.29, 0.717) is 11.7 Å². The molecule has 1 aromatic heterocycles. The van der Waals surface area contributed by atoms with Gasteiger partial charge in [0.1, 0.15) is 18.1 Å². The van der Waals surface area contributed by atoms with Crippen molar-refractivity contribution in [3.63, 3.8) is 0 Å². The molecule has 1 aliphatic rings. The lowest BCUT2D eigenvalue weighted by Crippen LogP contribution is -2.48. The minimum absolute atomic E-state index is 0.0718. The molecule has 0 bridgehead atoms. The van der Waals surface area contributed by atoms with Gasteiger partial charge in [0.25, 0.3) is 5.91 Å². The molecule has 1 amide bonds. The average molecular weight is 512 g/mol. The maximum Gasteiger partial charge on any atom is 0.323 e. The van der Waals surface area contributed by atoms with Crippen LogP contribution in [0, 0.1) is 0 Å². The summed E-state index contributed by atoms with van der Waals surface area (Å²) >= 11 is 0. The number of rotatable bonds is 9. The van der Waals surface area contributed by atoms with Crippen molar-refractivity contribution in [2.45, 2.75) is 17.4 Å². The number of aliphatic carboxylic acids is 1. The molecule has 188 valence electrons. The number of hydrogen-bond acceptors (Lipinski definition) is 8. The number of carboxylic acids is 1. The monoisotopic (exact) mass is 511 g/mol. The molecule has 5 N–H and O–H groups in total. The Hall–Kier alpha value is -4.16. The summed E-state index contributed by atoms with van der Waals surface area (Å²) in [6.45, 7) is 1.18. The van der Waals surface area contributed by atoms with Crippen LogP contribution in [0.5, 0.6) is 0 Å². The number of nitrogens with zero attached hydrogens (tertiary/aromatic N) is 1. The number of carboxylic acid groups (broad SMARTS) is 1. The van der Waals surface area contributed by atoms with Crippen molar-refractivity contribution in [1.82, 2.24) is 15.4 Å². The zero-order valence-corrected chi connectivity index (χ0v) is 19.9. The molecule has 3 aromatic rings. The van der Waals surface area contributed by atoms with E-state index in [1.54, 1.807) is 36.6 Å². The number of anilines is 1. The second-order valence-electron chi connectivity index (χ2n) is 7.95. The molecule has 1 atom stereocenters. The quantitative estimate of drug-likeness (QED) is 0.291. The lowest BCUT2D eigenvalue weighted by molar-refractivity contribution is -0.138. The highest BCUT2D eigenvalue weighted by Crippen LogP contribution is 2.25. The molecule has 2 heterocycles. The third-order valence-electron chi connectivity index (χ3n) is 5.31. The summed E-state index contributed by atoms with van der Waals surface area (Å²) in [7, 11) is -4.07. The van der Waals surface area contributed by atoms with Crippen LogP contribution in [-0.2, 0) is 14.8 Å². The first kappa shape index (κ1) is 24.9. The number of carbonyl (C=O) groups is 2. The summed E-state index contributed by atoms with van der Waals surface area (Å²) in [6, 6.07) is 14.2. The summed E-state index contributed by atoms with van der Waals surface area (Å²) in [6.07, 6.45) is 2.55. The number of hydrogen-bond donors (Lipinski definition) is 5. The number of benzene rings is 2. The highest BCUT2D eigenvalue weighted by atomic mass is 32.2. The van der Waals surface area contributed by atoms with Gasteiger partial charge in [-0.2, -0.15) is 4.72 Å². The van der Waals surface area contributed by atoms with Gasteiger partial charge in [-0.15, -0.1) is 0 Å². The standard InChI is InChI=1S/C24H25N5O6S/c30-22(27-14-20(23(31)32)29-36(33,34)19-5-2-1-3-6-19)17-9-7-16(8-10-17)21-13-18(15-35-21)28-24-25-11-4-12-26-24/h1-3,5-10,13,15,20,29H,4,11-12,14H2,(H,27,30)(H,31,32)(H2,25,26,28)/t20-/m0/s1. The molecule has 4 rings (SSSR count). The van der Waals surface area contributed by atoms with Gasteiger partial charge >= 0.3 is 5.97 Å². The number of furan rings is 1. The zero-order valence-electron chi connectivity index (χ0n) is 19.1. The molecule has 1 aliphatic heterocycles. The average Bonchev–Trinajstić information content (AvgIpc) is 3.36. The van der Waals surface area contributed by atoms with E-state index in [0.717, 1.165) is 30.8 Å². The highest BCUT2D eigenvalue weighted by molar-refractivity contribution is 7.89. The SMILES string of the molecule is O=C(NC[C@H](NS(=O)(=O)c1ccccc1)C(=O)O)c1ccc(-c2cc(NC3=NCCCN3)co2)cc1. The molecule has 0 aliphatic carbocycles. The first-order valence-electron chi connectivity index (χ1n) is 11.1. The van der Waals surface area contributed by atoms with Gasteiger partial charge in [-0.05, 0) is 30.7 Å². The minimum Gasteiger partial charge on any atom is -0.480 e. The Morgan fingerprint density at radius 2 is 1.86 bits per heavy atom. The van der Waals surface area contributed by atoms with Crippen LogP contribution in [0.25, 0.3) is 11.3 Å². The van der Waals surface area contributed by atoms with Crippen LogP contribution in [-0.4, -0.2) is 57.0 Å². The molecule has 36 heavy (non-hydrogen) atoms. The number of aliphatic imine (C=N–C) groups is 1. The number of carbonyl (C=O) groups excluding carboxylic acids is 1. The summed E-state index contributed by atoms with van der Waals surface area (Å²) < 4.78 is 32.6. The van der Waals surface area contributed by atoms with Gasteiger partial charge in [0.05, 0.1) is 10.6 Å². The Balaban J connectivity index is 1.35. The van der Waals surface area contributed by atoms with Gasteiger partial charge in [-0.3, -0.25) is 14.6 Å². The fraction of sp³-hybridized carbons (Fsp3) is 0.208. The molecule has 11 nitrogen and oxygen atoms in total. The third kappa shape index (κ3) is 6.29. The molecule has 0 radical (unpaired) electrons. The van der Waals surface area contributed by atoms with Gasteiger partial charge in [0, 0.05) is 36.8 Å². The fourth-order valence-corrected chi connectivity index (χ4v) is 4.63. The zero-order chi connectivity index (χ0) is 25.5. The van der Waals surface area contributed by atoms with Crippen LogP contribution in [0.4, 0.5) is 5.69 Å². The van der Waals surface area contributed by atoms with E-state index in [9.17, 15) is 23.1 Å². The van der Waals surface area contributed by atoms with Crippen LogP contribution in [0.3, 0.4) is 0 Å². The maximum absolute atomic E-state index is 12.5. The molecule has 0 fully saturated rings. The van der Waals surface area contributed by atoms with Crippen molar-refractivity contribution in [2.75, 3.05) is 25.0 Å². The van der Waals surface area contributed by atoms with Crippen molar-refractivity contribution in [2.24, 2.45) is 4.99 Å². The lowest BCUT2D eigenvalue weighted by Gasteiger charge is -2.15. The fourth-order valence-electron chi connectivity index (χ4n) is 3.42. The molecule has 0 saturated carbocycles. The van der Waals surface area contributed by atoms with Crippen molar-refractivity contribution in [3.8, 4) is 11.3 Å². The first-order valence-corrected chi connectivity index (χ1v) is 12.6. The normalized spacial score (nSPS) is 14.3. The Morgan fingerprint density at radius 3 is 2.53 bits per heavy atom. The van der Waals surface area contributed by atoms with Gasteiger partial charge in [-0.25, -0.2) is 8.42 Å². The highest BCUT2D eigenvalue weighted by Gasteiger charge is 2.26. The summed E-state index contributed by atoms with van der Waals surface area (Å²) in [5, 5.41) is 18.2.